The van der Waals surface area contributed by atoms with E-state index in [1.54, 1.807) is 6.07 Å². The highest BCUT2D eigenvalue weighted by Crippen LogP contribution is 2.15. The van der Waals surface area contributed by atoms with Crippen LogP contribution in [0.2, 0.25) is 0 Å². The van der Waals surface area contributed by atoms with E-state index in [2.05, 4.69) is 20.2 Å². The van der Waals surface area contributed by atoms with Gasteiger partial charge in [0.1, 0.15) is 18.0 Å². The zero-order chi connectivity index (χ0) is 15.2. The van der Waals surface area contributed by atoms with Crippen LogP contribution in [-0.2, 0) is 16.0 Å². The molecule has 0 unspecified atom stereocenters. The molecule has 1 saturated heterocycles. The summed E-state index contributed by atoms with van der Waals surface area (Å²) in [6, 6.07) is 11.4. The van der Waals surface area contributed by atoms with Crippen LogP contribution < -0.4 is 10.2 Å². The lowest BCUT2D eigenvalue weighted by atomic mass is 10.1. The van der Waals surface area contributed by atoms with Crippen molar-refractivity contribution in [3.63, 3.8) is 0 Å². The molecule has 0 atom stereocenters. The molecule has 114 valence electrons. The highest BCUT2D eigenvalue weighted by molar-refractivity contribution is 5.91. The van der Waals surface area contributed by atoms with Crippen LogP contribution >= 0.6 is 0 Å². The number of nitrogens with one attached hydrogen (secondary N) is 1. The average Bonchev–Trinajstić information content (AvgIpc) is 2.57. The standard InChI is InChI=1S/C16H18N4O2/c21-16(10-13-4-2-1-3-5-13)19-14-11-15(18-12-17-14)20-6-8-22-9-7-20/h1-5,11-12H,6-10H2,(H,17,18,19,21). The van der Waals surface area contributed by atoms with Crippen LogP contribution in [0.5, 0.6) is 0 Å². The molecule has 22 heavy (non-hydrogen) atoms. The first-order valence-corrected chi connectivity index (χ1v) is 7.30. The zero-order valence-corrected chi connectivity index (χ0v) is 12.2. The third-order valence-electron chi connectivity index (χ3n) is 3.46. The zero-order valence-electron chi connectivity index (χ0n) is 12.2. The predicted molar refractivity (Wildman–Crippen MR) is 83.8 cm³/mol. The first-order valence-electron chi connectivity index (χ1n) is 7.30. The van der Waals surface area contributed by atoms with Gasteiger partial charge >= 0.3 is 0 Å². The molecule has 1 fully saturated rings. The molecule has 0 saturated carbocycles. The minimum absolute atomic E-state index is 0.0853. The van der Waals surface area contributed by atoms with Crippen molar-refractivity contribution in [1.82, 2.24) is 9.97 Å². The minimum atomic E-state index is -0.0853. The first-order chi connectivity index (χ1) is 10.8. The molecule has 6 heteroatoms. The molecular formula is C16H18N4O2. The Balaban J connectivity index is 1.63. The minimum Gasteiger partial charge on any atom is -0.378 e. The molecule has 1 N–H and O–H groups in total. The summed E-state index contributed by atoms with van der Waals surface area (Å²) in [4.78, 5) is 22.6. The van der Waals surface area contributed by atoms with Gasteiger partial charge < -0.3 is 15.0 Å². The van der Waals surface area contributed by atoms with E-state index in [9.17, 15) is 4.79 Å². The van der Waals surface area contributed by atoms with E-state index in [-0.39, 0.29) is 5.91 Å². The van der Waals surface area contributed by atoms with E-state index in [4.69, 9.17) is 4.74 Å². The Kier molecular flexibility index (Phi) is 4.60. The summed E-state index contributed by atoms with van der Waals surface area (Å²) >= 11 is 0. The normalized spacial score (nSPS) is 14.6. The molecule has 1 aliphatic rings. The fraction of sp³-hybridized carbons (Fsp3) is 0.312. The number of aromatic nitrogens is 2. The van der Waals surface area contributed by atoms with Gasteiger partial charge in [-0.3, -0.25) is 4.79 Å². The van der Waals surface area contributed by atoms with Crippen molar-refractivity contribution < 1.29 is 9.53 Å². The van der Waals surface area contributed by atoms with Gasteiger partial charge in [0, 0.05) is 19.2 Å². The topological polar surface area (TPSA) is 67.4 Å². The van der Waals surface area contributed by atoms with Crippen molar-refractivity contribution in [1.29, 1.82) is 0 Å². The second-order valence-corrected chi connectivity index (χ2v) is 5.07. The first kappa shape index (κ1) is 14.5. The number of benzene rings is 1. The maximum Gasteiger partial charge on any atom is 0.229 e. The molecule has 3 rings (SSSR count). The second kappa shape index (κ2) is 7.00. The second-order valence-electron chi connectivity index (χ2n) is 5.07. The highest BCUT2D eigenvalue weighted by Gasteiger charge is 2.13. The van der Waals surface area contributed by atoms with Crippen molar-refractivity contribution in [2.75, 3.05) is 36.5 Å². The van der Waals surface area contributed by atoms with E-state index < -0.39 is 0 Å². The monoisotopic (exact) mass is 298 g/mol. The molecular weight excluding hydrogens is 280 g/mol. The summed E-state index contributed by atoms with van der Waals surface area (Å²) < 4.78 is 5.33. The van der Waals surface area contributed by atoms with Crippen LogP contribution in [0.3, 0.4) is 0 Å². The van der Waals surface area contributed by atoms with E-state index in [1.807, 2.05) is 30.3 Å². The summed E-state index contributed by atoms with van der Waals surface area (Å²) in [5, 5.41) is 2.82. The lowest BCUT2D eigenvalue weighted by Crippen LogP contribution is -2.36. The molecule has 0 aliphatic carbocycles. The largest absolute Gasteiger partial charge is 0.378 e. The maximum absolute atomic E-state index is 12.1. The van der Waals surface area contributed by atoms with E-state index in [0.29, 0.717) is 25.5 Å². The predicted octanol–water partition coefficient (Wildman–Crippen LogP) is 1.49. The van der Waals surface area contributed by atoms with Crippen molar-refractivity contribution in [2.45, 2.75) is 6.42 Å². The number of hydrogen-bond donors (Lipinski definition) is 1. The van der Waals surface area contributed by atoms with Crippen molar-refractivity contribution >= 4 is 17.5 Å². The van der Waals surface area contributed by atoms with Crippen LogP contribution in [0, 0.1) is 0 Å². The Labute approximate surface area is 129 Å². The van der Waals surface area contributed by atoms with Crippen LogP contribution in [-0.4, -0.2) is 42.2 Å². The van der Waals surface area contributed by atoms with Gasteiger partial charge in [-0.15, -0.1) is 0 Å². The van der Waals surface area contributed by atoms with Gasteiger partial charge in [0.15, 0.2) is 0 Å². The summed E-state index contributed by atoms with van der Waals surface area (Å²) in [5.41, 5.74) is 0.974. The fourth-order valence-corrected chi connectivity index (χ4v) is 2.35. The van der Waals surface area contributed by atoms with Crippen molar-refractivity contribution in [3.8, 4) is 0 Å². The van der Waals surface area contributed by atoms with Crippen LogP contribution in [0.1, 0.15) is 5.56 Å². The molecule has 2 aromatic rings. The lowest BCUT2D eigenvalue weighted by Gasteiger charge is -2.27. The van der Waals surface area contributed by atoms with E-state index >= 15 is 0 Å². The van der Waals surface area contributed by atoms with Crippen molar-refractivity contribution in [2.24, 2.45) is 0 Å². The highest BCUT2D eigenvalue weighted by atomic mass is 16.5. The van der Waals surface area contributed by atoms with Crippen LogP contribution in [0.25, 0.3) is 0 Å². The molecule has 6 nitrogen and oxygen atoms in total. The number of nitrogens with zero attached hydrogens (tertiary/aromatic N) is 3. The van der Waals surface area contributed by atoms with Crippen molar-refractivity contribution in [3.05, 3.63) is 48.3 Å². The Morgan fingerprint density at radius 1 is 1.18 bits per heavy atom. The SMILES string of the molecule is O=C(Cc1ccccc1)Nc1cc(N2CCOCC2)ncn1. The molecule has 0 bridgehead atoms. The quantitative estimate of drug-likeness (QED) is 0.926. The number of morpholine rings is 1. The van der Waals surface area contributed by atoms with E-state index in [0.717, 1.165) is 24.5 Å². The summed E-state index contributed by atoms with van der Waals surface area (Å²) in [7, 11) is 0. The average molecular weight is 298 g/mol. The molecule has 2 heterocycles. The van der Waals surface area contributed by atoms with Gasteiger partial charge in [-0.1, -0.05) is 30.3 Å². The van der Waals surface area contributed by atoms with Gasteiger partial charge in [0.2, 0.25) is 5.91 Å². The van der Waals surface area contributed by atoms with Crippen LogP contribution in [0.15, 0.2) is 42.7 Å². The van der Waals surface area contributed by atoms with Crippen LogP contribution in [0.4, 0.5) is 11.6 Å². The maximum atomic E-state index is 12.1. The van der Waals surface area contributed by atoms with Gasteiger partial charge in [0.25, 0.3) is 0 Å². The number of rotatable bonds is 4. The Hall–Kier alpha value is -2.47. The molecule has 1 aromatic carbocycles. The third kappa shape index (κ3) is 3.79. The summed E-state index contributed by atoms with van der Waals surface area (Å²) in [6.07, 6.45) is 1.81. The van der Waals surface area contributed by atoms with Gasteiger partial charge in [-0.05, 0) is 5.56 Å². The summed E-state index contributed by atoms with van der Waals surface area (Å²) in [6.45, 7) is 2.99. The van der Waals surface area contributed by atoms with Gasteiger partial charge in [0.05, 0.1) is 19.6 Å². The number of hydrogen-bond acceptors (Lipinski definition) is 5. The fourth-order valence-electron chi connectivity index (χ4n) is 2.35. The Morgan fingerprint density at radius 2 is 1.95 bits per heavy atom. The number of carbonyl (C=O) groups is 1. The number of ether oxygens (including phenoxy) is 1. The molecule has 0 radical (unpaired) electrons. The Bertz CT molecular complexity index is 627. The van der Waals surface area contributed by atoms with Gasteiger partial charge in [-0.2, -0.15) is 0 Å². The number of carbonyl (C=O) groups excluding carboxylic acids is 1. The summed E-state index contributed by atoms with van der Waals surface area (Å²) in [5.74, 6) is 1.25. The number of amides is 1. The lowest BCUT2D eigenvalue weighted by molar-refractivity contribution is -0.115. The molecule has 1 aliphatic heterocycles. The smallest absolute Gasteiger partial charge is 0.229 e. The molecule has 1 amide bonds. The van der Waals surface area contributed by atoms with E-state index in [1.165, 1.54) is 6.33 Å². The van der Waals surface area contributed by atoms with Gasteiger partial charge in [-0.25, -0.2) is 9.97 Å². The number of anilines is 2. The third-order valence-corrected chi connectivity index (χ3v) is 3.46. The molecule has 1 aromatic heterocycles. The molecule has 0 spiro atoms. The Morgan fingerprint density at radius 3 is 2.73 bits per heavy atom.